The van der Waals surface area contributed by atoms with Crippen LogP contribution in [0.25, 0.3) is 0 Å². The molecule has 1 fully saturated rings. The van der Waals surface area contributed by atoms with E-state index in [1.165, 1.54) is 11.0 Å². The fourth-order valence-electron chi connectivity index (χ4n) is 3.92. The van der Waals surface area contributed by atoms with E-state index in [4.69, 9.17) is 9.41 Å². The molecule has 1 aliphatic heterocycles. The number of anilines is 2. The number of hydrogen-bond acceptors (Lipinski definition) is 8. The zero-order chi connectivity index (χ0) is 24.6. The SMILES string of the molecule is Cc1cc(C(N=c2[nH][s+]([O-])nc2Nc2cccc(C(=O)N3CCC(O)C3)c2O)C(C)C)oc1C. The Morgan fingerprint density at radius 3 is 2.79 bits per heavy atom. The Hall–Kier alpha value is -3.15. The van der Waals surface area contributed by atoms with Crippen LogP contribution in [0, 0.1) is 19.8 Å². The van der Waals surface area contributed by atoms with Crippen molar-refractivity contribution < 1.29 is 24.0 Å². The Morgan fingerprint density at radius 1 is 1.41 bits per heavy atom. The number of amides is 1. The summed E-state index contributed by atoms with van der Waals surface area (Å²) in [5, 5.41) is 23.5. The molecule has 0 radical (unpaired) electrons. The molecular formula is C23H29N5O5S. The number of nitrogens with one attached hydrogen (secondary N) is 2. The van der Waals surface area contributed by atoms with Gasteiger partial charge in [-0.1, -0.05) is 19.9 Å². The number of likely N-dealkylation sites (tertiary alicyclic amines) is 1. The fraction of sp³-hybridized carbons (Fsp3) is 0.435. The van der Waals surface area contributed by atoms with Crippen molar-refractivity contribution in [2.45, 2.75) is 46.3 Å². The van der Waals surface area contributed by atoms with Gasteiger partial charge in [-0.15, -0.1) is 4.37 Å². The summed E-state index contributed by atoms with van der Waals surface area (Å²) in [5.41, 5.74) is 1.62. The molecule has 1 aliphatic rings. The summed E-state index contributed by atoms with van der Waals surface area (Å²) in [6.45, 7) is 8.52. The molecule has 3 aromatic rings. The maximum Gasteiger partial charge on any atom is 0.257 e. The zero-order valence-corrected chi connectivity index (χ0v) is 20.3. The highest BCUT2D eigenvalue weighted by molar-refractivity contribution is 7.13. The fourth-order valence-corrected chi connectivity index (χ4v) is 4.58. The number of aromatic nitrogens is 2. The summed E-state index contributed by atoms with van der Waals surface area (Å²) in [6, 6.07) is 6.33. The largest absolute Gasteiger partial charge is 0.548 e. The number of aliphatic hydroxyl groups is 1. The van der Waals surface area contributed by atoms with Gasteiger partial charge in [-0.2, -0.15) is 0 Å². The molecule has 3 unspecified atom stereocenters. The standard InChI is InChI=1S/C23H29N5O5S/c1-12(2)19(18-10-13(3)14(4)33-18)25-22-21(26-34(32)27-22)24-17-7-5-6-16(20(17)30)23(31)28-9-8-15(29)11-28/h5-7,10,12,15,19,29-30H,8-9,11H2,1-4H3,(H,24,26)(H,25,27). The number of aromatic amines is 1. The second-order valence-electron chi connectivity index (χ2n) is 8.87. The number of hydrogen-bond donors (Lipinski definition) is 4. The maximum absolute atomic E-state index is 12.8. The summed E-state index contributed by atoms with van der Waals surface area (Å²) >= 11 is -1.74. The summed E-state index contributed by atoms with van der Waals surface area (Å²) in [5.74, 6) is 1.14. The third kappa shape index (κ3) is 4.86. The van der Waals surface area contributed by atoms with E-state index in [-0.39, 0.29) is 52.7 Å². The first-order valence-corrected chi connectivity index (χ1v) is 12.2. The van der Waals surface area contributed by atoms with Crippen molar-refractivity contribution in [2.75, 3.05) is 18.4 Å². The summed E-state index contributed by atoms with van der Waals surface area (Å²) in [4.78, 5) is 19.1. The molecule has 3 heterocycles. The van der Waals surface area contributed by atoms with E-state index in [0.717, 1.165) is 11.3 Å². The van der Waals surface area contributed by atoms with Crippen molar-refractivity contribution in [1.29, 1.82) is 0 Å². The molecule has 182 valence electrons. The highest BCUT2D eigenvalue weighted by Crippen LogP contribution is 2.32. The zero-order valence-electron chi connectivity index (χ0n) is 19.5. The topological polar surface area (TPSA) is 150 Å². The number of rotatable bonds is 6. The van der Waals surface area contributed by atoms with E-state index < -0.39 is 17.2 Å². The lowest BCUT2D eigenvalue weighted by molar-refractivity contribution is 0.0762. The van der Waals surface area contributed by atoms with Crippen LogP contribution >= 0.6 is 11.1 Å². The lowest BCUT2D eigenvalue weighted by atomic mass is 10.0. The number of furan rings is 1. The van der Waals surface area contributed by atoms with Crippen LogP contribution in [0.4, 0.5) is 11.5 Å². The van der Waals surface area contributed by atoms with Crippen molar-refractivity contribution in [3.8, 4) is 5.75 Å². The third-order valence-corrected chi connectivity index (χ3v) is 6.65. The first-order valence-electron chi connectivity index (χ1n) is 11.1. The molecule has 1 saturated heterocycles. The Balaban J connectivity index is 1.67. The Kier molecular flexibility index (Phi) is 6.78. The number of aromatic hydroxyl groups is 1. The van der Waals surface area contributed by atoms with Gasteiger partial charge in [0.25, 0.3) is 5.91 Å². The minimum atomic E-state index is -1.74. The van der Waals surface area contributed by atoms with Gasteiger partial charge in [-0.05, 0) is 49.9 Å². The normalized spacial score (nSPS) is 18.1. The molecule has 1 amide bonds. The van der Waals surface area contributed by atoms with Gasteiger partial charge in [0.15, 0.2) is 16.9 Å². The van der Waals surface area contributed by atoms with Crippen LogP contribution < -0.4 is 10.8 Å². The van der Waals surface area contributed by atoms with Crippen molar-refractivity contribution in [1.82, 2.24) is 13.6 Å². The second kappa shape index (κ2) is 9.61. The Labute approximate surface area is 200 Å². The molecule has 4 rings (SSSR count). The Bertz CT molecular complexity index is 1240. The van der Waals surface area contributed by atoms with Crippen LogP contribution in [0.1, 0.15) is 53.8 Å². The molecule has 34 heavy (non-hydrogen) atoms. The van der Waals surface area contributed by atoms with E-state index in [9.17, 15) is 19.6 Å². The van der Waals surface area contributed by atoms with E-state index in [2.05, 4.69) is 14.1 Å². The lowest BCUT2D eigenvalue weighted by Gasteiger charge is -2.17. The number of phenolic OH excluding ortho intramolecular Hbond substituents is 1. The van der Waals surface area contributed by atoms with Gasteiger partial charge < -0.3 is 29.4 Å². The average Bonchev–Trinajstić information content (AvgIpc) is 3.46. The number of para-hydroxylation sites is 1. The molecule has 0 spiro atoms. The number of β-amino-alcohol motifs (C(OH)–C–C–N with tert-alkyl or cyclic N) is 1. The van der Waals surface area contributed by atoms with Gasteiger partial charge in [0, 0.05) is 17.5 Å². The summed E-state index contributed by atoms with van der Waals surface area (Å²) in [7, 11) is 0. The number of carbonyl (C=O) groups excluding carboxylic acids is 1. The second-order valence-corrected chi connectivity index (χ2v) is 9.75. The molecule has 0 aliphatic carbocycles. The van der Waals surface area contributed by atoms with E-state index in [0.29, 0.717) is 18.7 Å². The molecule has 1 aromatic carbocycles. The van der Waals surface area contributed by atoms with Gasteiger partial charge in [-0.25, -0.2) is 4.99 Å². The van der Waals surface area contributed by atoms with Crippen LogP contribution in [0.3, 0.4) is 0 Å². The van der Waals surface area contributed by atoms with Crippen molar-refractivity contribution in [3.05, 3.63) is 52.4 Å². The van der Waals surface area contributed by atoms with E-state index in [1.54, 1.807) is 12.1 Å². The molecular weight excluding hydrogens is 458 g/mol. The van der Waals surface area contributed by atoms with Crippen LogP contribution in [-0.2, 0) is 0 Å². The van der Waals surface area contributed by atoms with Gasteiger partial charge >= 0.3 is 0 Å². The van der Waals surface area contributed by atoms with Crippen LogP contribution in [0.15, 0.2) is 33.7 Å². The first-order chi connectivity index (χ1) is 16.1. The van der Waals surface area contributed by atoms with Crippen molar-refractivity contribution in [3.63, 3.8) is 0 Å². The van der Waals surface area contributed by atoms with Gasteiger partial charge in [-0.3, -0.25) is 4.79 Å². The molecule has 11 heteroatoms. The highest BCUT2D eigenvalue weighted by Gasteiger charge is 2.28. The average molecular weight is 488 g/mol. The number of phenols is 1. The maximum atomic E-state index is 12.8. The van der Waals surface area contributed by atoms with E-state index >= 15 is 0 Å². The third-order valence-electron chi connectivity index (χ3n) is 5.93. The molecule has 2 aromatic heterocycles. The van der Waals surface area contributed by atoms with Crippen LogP contribution in [-0.4, -0.2) is 53.5 Å². The number of benzene rings is 1. The van der Waals surface area contributed by atoms with E-state index in [1.807, 2.05) is 33.8 Å². The van der Waals surface area contributed by atoms with Crippen molar-refractivity contribution >= 4 is 28.6 Å². The monoisotopic (exact) mass is 487 g/mol. The van der Waals surface area contributed by atoms with Crippen molar-refractivity contribution in [2.24, 2.45) is 10.9 Å². The quantitative estimate of drug-likeness (QED) is 0.308. The minimum Gasteiger partial charge on any atom is -0.548 e. The molecule has 0 bridgehead atoms. The lowest BCUT2D eigenvalue weighted by Crippen LogP contribution is -2.29. The molecule has 10 nitrogen and oxygen atoms in total. The van der Waals surface area contributed by atoms with Crippen LogP contribution in [0.2, 0.25) is 0 Å². The van der Waals surface area contributed by atoms with Gasteiger partial charge in [0.05, 0.1) is 17.4 Å². The highest BCUT2D eigenvalue weighted by atomic mass is 32.2. The predicted molar refractivity (Wildman–Crippen MR) is 126 cm³/mol. The summed E-state index contributed by atoms with van der Waals surface area (Å²) < 4.78 is 24.9. The first kappa shape index (κ1) is 24.0. The van der Waals surface area contributed by atoms with Gasteiger partial charge in [0.2, 0.25) is 11.3 Å². The number of aryl methyl sites for hydroxylation is 2. The smallest absolute Gasteiger partial charge is 0.257 e. The number of aliphatic hydroxyl groups excluding tert-OH is 1. The minimum absolute atomic E-state index is 0.0831. The molecule has 4 N–H and O–H groups in total. The van der Waals surface area contributed by atoms with Crippen LogP contribution in [0.5, 0.6) is 5.75 Å². The number of nitrogens with zero attached hydrogens (tertiary/aromatic N) is 3. The Morgan fingerprint density at radius 2 is 2.18 bits per heavy atom. The number of H-pyrrole nitrogens is 1. The molecule has 0 saturated carbocycles. The number of carbonyl (C=O) groups is 1. The predicted octanol–water partition coefficient (Wildman–Crippen LogP) is 3.30. The molecule has 3 atom stereocenters. The van der Waals surface area contributed by atoms with Gasteiger partial charge in [0.1, 0.15) is 17.6 Å². The summed E-state index contributed by atoms with van der Waals surface area (Å²) in [6.07, 6.45) is -0.0553.